The third-order valence-electron chi connectivity index (χ3n) is 5.57. The van der Waals surface area contributed by atoms with Crippen LogP contribution in [0.5, 0.6) is 0 Å². The quantitative estimate of drug-likeness (QED) is 0.840. The number of quaternary nitrogens is 1. The van der Waals surface area contributed by atoms with Crippen molar-refractivity contribution in [1.29, 1.82) is 0 Å². The van der Waals surface area contributed by atoms with Crippen molar-refractivity contribution in [3.05, 3.63) is 59.0 Å². The summed E-state index contributed by atoms with van der Waals surface area (Å²) in [6.07, 6.45) is 0.0972. The molecule has 3 atom stereocenters. The Morgan fingerprint density at radius 3 is 2.24 bits per heavy atom. The van der Waals surface area contributed by atoms with E-state index in [2.05, 4.69) is 52.0 Å². The topological polar surface area (TPSA) is 47.1 Å². The van der Waals surface area contributed by atoms with E-state index in [1.165, 1.54) is 16.0 Å². The summed E-state index contributed by atoms with van der Waals surface area (Å²) < 4.78 is 11.7. The molecule has 0 saturated carbocycles. The lowest BCUT2D eigenvalue weighted by molar-refractivity contribution is -0.973. The fourth-order valence-corrected chi connectivity index (χ4v) is 3.84. The maximum Gasteiger partial charge on any atom is 0.289 e. The van der Waals surface area contributed by atoms with E-state index in [1.807, 2.05) is 30.9 Å². The third kappa shape index (κ3) is 5.71. The van der Waals surface area contributed by atoms with Crippen LogP contribution in [0.15, 0.2) is 40.8 Å². The number of benzene rings is 1. The molecule has 1 aromatic carbocycles. The number of hydrogen-bond donors (Lipinski definition) is 1. The van der Waals surface area contributed by atoms with Gasteiger partial charge in [-0.1, -0.05) is 29.8 Å². The first-order chi connectivity index (χ1) is 13.6. The maximum atomic E-state index is 12.9. The number of hydrogen-bond acceptors (Lipinski definition) is 3. The highest BCUT2D eigenvalue weighted by molar-refractivity contribution is 5.91. The Morgan fingerprint density at radius 1 is 1.03 bits per heavy atom. The van der Waals surface area contributed by atoms with Crippen molar-refractivity contribution in [3.63, 3.8) is 0 Å². The van der Waals surface area contributed by atoms with Gasteiger partial charge in [0, 0.05) is 18.7 Å². The van der Waals surface area contributed by atoms with Gasteiger partial charge in [-0.2, -0.15) is 0 Å². The van der Waals surface area contributed by atoms with Crippen LogP contribution in [0.1, 0.15) is 62.1 Å². The van der Waals surface area contributed by atoms with Crippen LogP contribution >= 0.6 is 0 Å². The number of carbonyl (C=O) groups is 1. The standard InChI is InChI=1S/C24H34N2O3/c1-17-7-9-20(10-8-17)15-26(24(4,5)6)16-21-11-12-22(29-21)23(27)25-13-18(2)28-19(3)14-25/h7-12,18-19H,13-16H2,1-6H3/p+1/t18-,19-/m1/s1. The lowest BCUT2D eigenvalue weighted by Gasteiger charge is -2.34. The Balaban J connectivity index is 1.70. The Labute approximate surface area is 174 Å². The number of carbonyl (C=O) groups excluding carboxylic acids is 1. The van der Waals surface area contributed by atoms with Gasteiger partial charge < -0.3 is 19.0 Å². The van der Waals surface area contributed by atoms with Crippen LogP contribution in [0, 0.1) is 6.92 Å². The van der Waals surface area contributed by atoms with Crippen LogP contribution in [-0.4, -0.2) is 41.6 Å². The molecule has 1 aliphatic rings. The largest absolute Gasteiger partial charge is 0.450 e. The number of ether oxygens (including phenoxy) is 1. The molecule has 1 aliphatic heterocycles. The van der Waals surface area contributed by atoms with Crippen molar-refractivity contribution >= 4 is 5.91 Å². The number of nitrogens with zero attached hydrogens (tertiary/aromatic N) is 1. The number of aryl methyl sites for hydroxylation is 1. The summed E-state index contributed by atoms with van der Waals surface area (Å²) in [6.45, 7) is 15.7. The van der Waals surface area contributed by atoms with Gasteiger partial charge in [0.15, 0.2) is 11.5 Å². The minimum absolute atomic E-state index is 0.0471. The maximum absolute atomic E-state index is 12.9. The molecule has 1 saturated heterocycles. The van der Waals surface area contributed by atoms with E-state index in [0.29, 0.717) is 18.8 Å². The first-order valence-corrected chi connectivity index (χ1v) is 10.6. The lowest BCUT2D eigenvalue weighted by Crippen LogP contribution is -3.16. The summed E-state index contributed by atoms with van der Waals surface area (Å²) in [7, 11) is 0. The van der Waals surface area contributed by atoms with Crippen molar-refractivity contribution in [1.82, 2.24) is 4.90 Å². The highest BCUT2D eigenvalue weighted by Crippen LogP contribution is 2.16. The molecule has 0 radical (unpaired) electrons. The van der Waals surface area contributed by atoms with Gasteiger partial charge in [0.2, 0.25) is 0 Å². The molecule has 5 heteroatoms. The average molecular weight is 400 g/mol. The zero-order valence-electron chi connectivity index (χ0n) is 18.6. The minimum Gasteiger partial charge on any atom is -0.450 e. The first kappa shape index (κ1) is 21.6. The number of rotatable bonds is 5. The van der Waals surface area contributed by atoms with Gasteiger partial charge >= 0.3 is 0 Å². The summed E-state index contributed by atoms with van der Waals surface area (Å²) in [5.41, 5.74) is 2.63. The van der Waals surface area contributed by atoms with Crippen molar-refractivity contribution in [2.24, 2.45) is 0 Å². The smallest absolute Gasteiger partial charge is 0.289 e. The summed E-state index contributed by atoms with van der Waals surface area (Å²) in [5, 5.41) is 0. The molecule has 0 bridgehead atoms. The van der Waals surface area contributed by atoms with Crippen molar-refractivity contribution in [2.45, 2.75) is 72.4 Å². The van der Waals surface area contributed by atoms with E-state index in [9.17, 15) is 4.79 Å². The molecule has 2 heterocycles. The van der Waals surface area contributed by atoms with Crippen LogP contribution in [-0.2, 0) is 17.8 Å². The second-order valence-corrected chi connectivity index (χ2v) is 9.43. The molecular weight excluding hydrogens is 364 g/mol. The van der Waals surface area contributed by atoms with E-state index >= 15 is 0 Å². The number of furan rings is 1. The van der Waals surface area contributed by atoms with Gasteiger partial charge in [-0.15, -0.1) is 0 Å². The van der Waals surface area contributed by atoms with Gasteiger partial charge in [-0.25, -0.2) is 0 Å². The fraction of sp³-hybridized carbons (Fsp3) is 0.542. The van der Waals surface area contributed by atoms with Crippen molar-refractivity contribution in [3.8, 4) is 0 Å². The first-order valence-electron chi connectivity index (χ1n) is 10.6. The summed E-state index contributed by atoms with van der Waals surface area (Å²) >= 11 is 0. The molecule has 2 aromatic rings. The molecule has 1 fully saturated rings. The molecule has 0 spiro atoms. The van der Waals surface area contributed by atoms with E-state index in [4.69, 9.17) is 9.15 Å². The van der Waals surface area contributed by atoms with Crippen LogP contribution in [0.3, 0.4) is 0 Å². The molecule has 5 nitrogen and oxygen atoms in total. The van der Waals surface area contributed by atoms with E-state index < -0.39 is 0 Å². The molecule has 3 rings (SSSR count). The molecule has 1 amide bonds. The molecule has 1 aromatic heterocycles. The molecule has 0 aliphatic carbocycles. The van der Waals surface area contributed by atoms with Crippen molar-refractivity contribution in [2.75, 3.05) is 13.1 Å². The fourth-order valence-electron chi connectivity index (χ4n) is 3.84. The summed E-state index contributed by atoms with van der Waals surface area (Å²) in [4.78, 5) is 16.1. The zero-order chi connectivity index (χ0) is 21.2. The minimum atomic E-state index is -0.0471. The molecule has 158 valence electrons. The highest BCUT2D eigenvalue weighted by atomic mass is 16.5. The normalized spacial score (nSPS) is 21.2. The SMILES string of the molecule is Cc1ccc(C[NH+](Cc2ccc(C(=O)N3C[C@@H](C)O[C@H](C)C3)o2)C(C)(C)C)cc1. The summed E-state index contributed by atoms with van der Waals surface area (Å²) in [5.74, 6) is 1.22. The Morgan fingerprint density at radius 2 is 1.66 bits per heavy atom. The monoisotopic (exact) mass is 399 g/mol. The Hall–Kier alpha value is -2.11. The van der Waals surface area contributed by atoms with Gasteiger partial charge in [-0.05, 0) is 53.7 Å². The average Bonchev–Trinajstić information content (AvgIpc) is 3.09. The predicted octanol–water partition coefficient (Wildman–Crippen LogP) is 3.22. The van der Waals surface area contributed by atoms with Crippen LogP contribution in [0.25, 0.3) is 0 Å². The summed E-state index contributed by atoms with van der Waals surface area (Å²) in [6, 6.07) is 12.5. The van der Waals surface area contributed by atoms with E-state index in [1.54, 1.807) is 0 Å². The molecular formula is C24H35N2O3+. The van der Waals surface area contributed by atoms with Gasteiger partial charge in [0.05, 0.1) is 17.7 Å². The third-order valence-corrected chi connectivity index (χ3v) is 5.57. The molecule has 29 heavy (non-hydrogen) atoms. The van der Waals surface area contributed by atoms with Gasteiger partial charge in [0.25, 0.3) is 5.91 Å². The molecule has 1 N–H and O–H groups in total. The van der Waals surface area contributed by atoms with Crippen LogP contribution in [0.4, 0.5) is 0 Å². The second kappa shape index (κ2) is 8.72. The second-order valence-electron chi connectivity index (χ2n) is 9.43. The van der Waals surface area contributed by atoms with Gasteiger partial charge in [0.1, 0.15) is 13.1 Å². The highest BCUT2D eigenvalue weighted by Gasteiger charge is 2.30. The molecule has 1 unspecified atom stereocenters. The number of amides is 1. The Kier molecular flexibility index (Phi) is 6.49. The predicted molar refractivity (Wildman–Crippen MR) is 114 cm³/mol. The van der Waals surface area contributed by atoms with E-state index in [0.717, 1.165) is 18.8 Å². The van der Waals surface area contributed by atoms with Crippen molar-refractivity contribution < 1.29 is 18.8 Å². The van der Waals surface area contributed by atoms with Crippen LogP contribution in [0.2, 0.25) is 0 Å². The van der Waals surface area contributed by atoms with Crippen LogP contribution < -0.4 is 4.90 Å². The number of nitrogens with one attached hydrogen (secondary N) is 1. The zero-order valence-corrected chi connectivity index (χ0v) is 18.6. The number of morpholine rings is 1. The van der Waals surface area contributed by atoms with E-state index in [-0.39, 0.29) is 23.7 Å². The van der Waals surface area contributed by atoms with Gasteiger partial charge in [-0.3, -0.25) is 4.79 Å². The Bertz CT molecular complexity index is 809. The lowest BCUT2D eigenvalue weighted by atomic mass is 10.0.